The zero-order valence-corrected chi connectivity index (χ0v) is 14.1. The van der Waals surface area contributed by atoms with Crippen molar-refractivity contribution in [3.63, 3.8) is 0 Å². The second-order valence-corrected chi connectivity index (χ2v) is 8.86. The van der Waals surface area contributed by atoms with Gasteiger partial charge in [0.05, 0.1) is 4.92 Å². The lowest BCUT2D eigenvalue weighted by molar-refractivity contribution is -0.387. The Morgan fingerprint density at radius 3 is 2.26 bits per heavy atom. The predicted molar refractivity (Wildman–Crippen MR) is 88.6 cm³/mol. The second kappa shape index (κ2) is 5.78. The van der Waals surface area contributed by atoms with E-state index >= 15 is 0 Å². The van der Waals surface area contributed by atoms with Crippen molar-refractivity contribution < 1.29 is 13.3 Å². The third kappa shape index (κ3) is 3.20. The lowest BCUT2D eigenvalue weighted by Gasteiger charge is -2.40. The number of piperidine rings is 1. The van der Waals surface area contributed by atoms with Gasteiger partial charge in [-0.3, -0.25) is 10.1 Å². The number of hydrogen-bond donors (Lipinski definition) is 0. The Morgan fingerprint density at radius 2 is 1.74 bits per heavy atom. The summed E-state index contributed by atoms with van der Waals surface area (Å²) in [6.45, 7) is 1.78. The molecule has 7 heteroatoms. The number of rotatable bonds is 3. The molecule has 23 heavy (non-hydrogen) atoms. The van der Waals surface area contributed by atoms with Crippen molar-refractivity contribution in [3.8, 4) is 0 Å². The second-order valence-electron chi connectivity index (χ2n) is 6.88. The molecule has 1 aromatic rings. The first-order chi connectivity index (χ1) is 10.8. The fourth-order valence-electron chi connectivity index (χ4n) is 4.01. The Morgan fingerprint density at radius 1 is 1.13 bits per heavy atom. The van der Waals surface area contributed by atoms with Gasteiger partial charge in [0.25, 0.3) is 5.69 Å². The van der Waals surface area contributed by atoms with Gasteiger partial charge in [-0.05, 0) is 43.2 Å². The minimum absolute atomic E-state index is 0.193. The Balaban J connectivity index is 1.85. The van der Waals surface area contributed by atoms with Gasteiger partial charge in [-0.1, -0.05) is 12.8 Å². The number of nitrogens with zero attached hydrogens (tertiary/aromatic N) is 2. The summed E-state index contributed by atoms with van der Waals surface area (Å²) in [5.74, 6) is 0. The first-order valence-electron chi connectivity index (χ1n) is 8.04. The topological polar surface area (TPSA) is 80.5 Å². The molecule has 1 heterocycles. The number of sulfone groups is 1. The largest absolute Gasteiger partial charge is 0.371 e. The van der Waals surface area contributed by atoms with Gasteiger partial charge in [-0.25, -0.2) is 8.42 Å². The smallest absolute Gasteiger partial charge is 0.288 e. The van der Waals surface area contributed by atoms with Gasteiger partial charge in [0, 0.05) is 31.1 Å². The highest BCUT2D eigenvalue weighted by Gasteiger charge is 2.37. The molecular weight excluding hydrogens is 316 g/mol. The van der Waals surface area contributed by atoms with E-state index in [9.17, 15) is 18.5 Å². The quantitative estimate of drug-likeness (QED) is 0.624. The van der Waals surface area contributed by atoms with Crippen LogP contribution in [0.1, 0.15) is 38.5 Å². The van der Waals surface area contributed by atoms with E-state index in [0.29, 0.717) is 5.41 Å². The maximum atomic E-state index is 11.9. The highest BCUT2D eigenvalue weighted by atomic mass is 32.2. The van der Waals surface area contributed by atoms with Crippen molar-refractivity contribution in [2.75, 3.05) is 24.2 Å². The van der Waals surface area contributed by atoms with E-state index in [2.05, 4.69) is 4.90 Å². The summed E-state index contributed by atoms with van der Waals surface area (Å²) in [6, 6.07) is 4.44. The Bertz CT molecular complexity index is 714. The van der Waals surface area contributed by atoms with Crippen LogP contribution in [0, 0.1) is 15.5 Å². The molecule has 2 aliphatic rings. The molecule has 0 amide bonds. The van der Waals surface area contributed by atoms with E-state index in [1.807, 2.05) is 0 Å². The molecule has 2 fully saturated rings. The summed E-state index contributed by atoms with van der Waals surface area (Å²) in [5.41, 5.74) is 0.904. The van der Waals surface area contributed by atoms with Crippen LogP contribution in [0.25, 0.3) is 0 Å². The molecule has 6 nitrogen and oxygen atoms in total. The summed E-state index contributed by atoms with van der Waals surface area (Å²) in [5, 5.41) is 11.1. The van der Waals surface area contributed by atoms with Crippen molar-refractivity contribution in [1.29, 1.82) is 0 Å². The van der Waals surface area contributed by atoms with Gasteiger partial charge < -0.3 is 4.90 Å². The molecule has 126 valence electrons. The maximum absolute atomic E-state index is 11.9. The van der Waals surface area contributed by atoms with Gasteiger partial charge in [0.2, 0.25) is 0 Å². The van der Waals surface area contributed by atoms with Gasteiger partial charge in [0.1, 0.15) is 4.90 Å². The van der Waals surface area contributed by atoms with E-state index in [4.69, 9.17) is 0 Å². The van der Waals surface area contributed by atoms with Crippen molar-refractivity contribution in [2.45, 2.75) is 43.4 Å². The molecule has 3 rings (SSSR count). The van der Waals surface area contributed by atoms with Crippen LogP contribution in [-0.2, 0) is 9.84 Å². The van der Waals surface area contributed by atoms with Gasteiger partial charge in [-0.2, -0.15) is 0 Å². The molecule has 1 aliphatic carbocycles. The first-order valence-corrected chi connectivity index (χ1v) is 9.93. The number of nitro benzene ring substituents is 1. The molecule has 1 aromatic carbocycles. The third-order valence-corrected chi connectivity index (χ3v) is 6.52. The molecule has 1 saturated carbocycles. The van der Waals surface area contributed by atoms with Crippen LogP contribution in [0.4, 0.5) is 11.4 Å². The number of anilines is 1. The zero-order valence-electron chi connectivity index (χ0n) is 13.3. The normalized spacial score (nSPS) is 20.8. The van der Waals surface area contributed by atoms with Crippen LogP contribution in [-0.4, -0.2) is 32.7 Å². The number of benzene rings is 1. The molecule has 1 aliphatic heterocycles. The highest BCUT2D eigenvalue weighted by Crippen LogP contribution is 2.46. The predicted octanol–water partition coefficient (Wildman–Crippen LogP) is 3.16. The molecule has 1 saturated heterocycles. The van der Waals surface area contributed by atoms with E-state index in [1.54, 1.807) is 6.07 Å². The average molecular weight is 338 g/mol. The van der Waals surface area contributed by atoms with Gasteiger partial charge >= 0.3 is 0 Å². The maximum Gasteiger partial charge on any atom is 0.288 e. The lowest BCUT2D eigenvalue weighted by atomic mass is 9.77. The van der Waals surface area contributed by atoms with Crippen LogP contribution in [0.5, 0.6) is 0 Å². The standard InChI is InChI=1S/C16H22N2O4S/c1-23(21,22)15-12-13(4-5-14(15)18(19)20)17-10-8-16(9-11-17)6-2-3-7-16/h4-5,12H,2-3,6-11H2,1H3. The van der Waals surface area contributed by atoms with E-state index in [-0.39, 0.29) is 10.6 Å². The first kappa shape index (κ1) is 16.2. The van der Waals surface area contributed by atoms with Gasteiger partial charge in [-0.15, -0.1) is 0 Å². The SMILES string of the molecule is CS(=O)(=O)c1cc(N2CCC3(CCCC3)CC2)ccc1[N+](=O)[O-]. The highest BCUT2D eigenvalue weighted by molar-refractivity contribution is 7.90. The van der Waals surface area contributed by atoms with Crippen LogP contribution in [0.15, 0.2) is 23.1 Å². The average Bonchev–Trinajstić information content (AvgIpc) is 2.95. The third-order valence-electron chi connectivity index (χ3n) is 5.39. The Labute approximate surface area is 136 Å². The fourth-order valence-corrected chi connectivity index (χ4v) is 4.87. The van der Waals surface area contributed by atoms with Crippen LogP contribution >= 0.6 is 0 Å². The summed E-state index contributed by atoms with van der Waals surface area (Å²) >= 11 is 0. The van der Waals surface area contributed by atoms with Crippen LogP contribution in [0.3, 0.4) is 0 Å². The molecule has 0 radical (unpaired) electrons. The molecule has 0 bridgehead atoms. The van der Waals surface area contributed by atoms with E-state index in [1.165, 1.54) is 37.8 Å². The molecule has 1 spiro atoms. The number of nitro groups is 1. The monoisotopic (exact) mass is 338 g/mol. The van der Waals surface area contributed by atoms with Crippen molar-refractivity contribution in [2.24, 2.45) is 5.41 Å². The van der Waals surface area contributed by atoms with E-state index < -0.39 is 14.8 Å². The summed E-state index contributed by atoms with van der Waals surface area (Å²) in [7, 11) is -3.63. The minimum atomic E-state index is -3.63. The zero-order chi connectivity index (χ0) is 16.7. The lowest BCUT2D eigenvalue weighted by Crippen LogP contribution is -2.38. The van der Waals surface area contributed by atoms with E-state index in [0.717, 1.165) is 37.9 Å². The Hall–Kier alpha value is -1.63. The van der Waals surface area contributed by atoms with Gasteiger partial charge in [0.15, 0.2) is 9.84 Å². The van der Waals surface area contributed by atoms with Crippen LogP contribution < -0.4 is 4.90 Å². The summed E-state index contributed by atoms with van der Waals surface area (Å²) < 4.78 is 23.7. The van der Waals surface area contributed by atoms with Crippen molar-refractivity contribution in [1.82, 2.24) is 0 Å². The molecule has 0 aromatic heterocycles. The molecule has 0 atom stereocenters. The number of hydrogen-bond acceptors (Lipinski definition) is 5. The Kier molecular flexibility index (Phi) is 4.08. The molecular formula is C16H22N2O4S. The molecule has 0 unspecified atom stereocenters. The minimum Gasteiger partial charge on any atom is -0.371 e. The van der Waals surface area contributed by atoms with Crippen molar-refractivity contribution >= 4 is 21.2 Å². The van der Waals surface area contributed by atoms with Crippen LogP contribution in [0.2, 0.25) is 0 Å². The molecule has 0 N–H and O–H groups in total. The van der Waals surface area contributed by atoms with Crippen molar-refractivity contribution in [3.05, 3.63) is 28.3 Å². The summed E-state index contributed by atoms with van der Waals surface area (Å²) in [6.07, 6.45) is 8.50. The summed E-state index contributed by atoms with van der Waals surface area (Å²) in [4.78, 5) is 12.4. The fraction of sp³-hybridized carbons (Fsp3) is 0.625.